The number of rotatable bonds is 1. The molecule has 2 aliphatic heterocycles. The molecule has 0 aliphatic carbocycles. The molecule has 74 valence electrons. The number of amides is 1. The Balaban J connectivity index is 2.07. The van der Waals surface area contributed by atoms with Gasteiger partial charge in [-0.25, -0.2) is 0 Å². The molecule has 0 bridgehead atoms. The van der Waals surface area contributed by atoms with Crippen LogP contribution in [0, 0.1) is 5.41 Å². The molecular weight excluding hydrogens is 164 g/mol. The Labute approximate surface area is 79.5 Å². The maximum Gasteiger partial charge on any atom is 0.227 e. The zero-order valence-electron chi connectivity index (χ0n) is 8.47. The SMILES string of the molecule is CC(C)N1CCC2(CCNC2=O)C1. The van der Waals surface area contributed by atoms with Crippen LogP contribution < -0.4 is 5.32 Å². The third-order valence-electron chi connectivity index (χ3n) is 3.48. The van der Waals surface area contributed by atoms with Crippen molar-refractivity contribution >= 4 is 5.91 Å². The van der Waals surface area contributed by atoms with Gasteiger partial charge < -0.3 is 5.32 Å². The van der Waals surface area contributed by atoms with E-state index in [1.165, 1.54) is 0 Å². The molecule has 2 aliphatic rings. The van der Waals surface area contributed by atoms with Crippen LogP contribution in [0.1, 0.15) is 26.7 Å². The van der Waals surface area contributed by atoms with E-state index < -0.39 is 0 Å². The summed E-state index contributed by atoms with van der Waals surface area (Å²) >= 11 is 0. The predicted octanol–water partition coefficient (Wildman–Crippen LogP) is 0.607. The number of hydrogen-bond acceptors (Lipinski definition) is 2. The number of likely N-dealkylation sites (tertiary alicyclic amines) is 1. The predicted molar refractivity (Wildman–Crippen MR) is 51.4 cm³/mol. The Hall–Kier alpha value is -0.570. The second kappa shape index (κ2) is 2.98. The number of nitrogens with one attached hydrogen (secondary N) is 1. The van der Waals surface area contributed by atoms with Gasteiger partial charge in [-0.1, -0.05) is 0 Å². The highest BCUT2D eigenvalue weighted by Gasteiger charge is 2.47. The summed E-state index contributed by atoms with van der Waals surface area (Å²) in [5, 5.41) is 2.95. The molecule has 0 radical (unpaired) electrons. The quantitative estimate of drug-likeness (QED) is 0.644. The molecule has 13 heavy (non-hydrogen) atoms. The maximum atomic E-state index is 11.6. The lowest BCUT2D eigenvalue weighted by atomic mass is 9.86. The number of carbonyl (C=O) groups excluding carboxylic acids is 1. The molecule has 2 heterocycles. The summed E-state index contributed by atoms with van der Waals surface area (Å²) in [4.78, 5) is 14.0. The number of hydrogen-bond donors (Lipinski definition) is 1. The molecule has 1 spiro atoms. The molecule has 1 N–H and O–H groups in total. The van der Waals surface area contributed by atoms with Crippen molar-refractivity contribution in [3.05, 3.63) is 0 Å². The van der Waals surface area contributed by atoms with E-state index in [1.807, 2.05) is 0 Å². The molecule has 0 aromatic carbocycles. The fraction of sp³-hybridized carbons (Fsp3) is 0.900. The molecule has 2 rings (SSSR count). The zero-order chi connectivity index (χ0) is 9.47. The lowest BCUT2D eigenvalue weighted by Gasteiger charge is -2.23. The summed E-state index contributed by atoms with van der Waals surface area (Å²) in [5.74, 6) is 0.288. The highest BCUT2D eigenvalue weighted by atomic mass is 16.2. The second-order valence-electron chi connectivity index (χ2n) is 4.60. The summed E-state index contributed by atoms with van der Waals surface area (Å²) in [7, 11) is 0. The Kier molecular flexibility index (Phi) is 2.06. The average molecular weight is 182 g/mol. The van der Waals surface area contributed by atoms with Gasteiger partial charge in [0, 0.05) is 19.1 Å². The van der Waals surface area contributed by atoms with Crippen LogP contribution in [0.4, 0.5) is 0 Å². The molecule has 0 aromatic rings. The van der Waals surface area contributed by atoms with Crippen LogP contribution in [0.25, 0.3) is 0 Å². The van der Waals surface area contributed by atoms with Crippen molar-refractivity contribution in [2.75, 3.05) is 19.6 Å². The van der Waals surface area contributed by atoms with E-state index in [4.69, 9.17) is 0 Å². The first-order valence-electron chi connectivity index (χ1n) is 5.16. The van der Waals surface area contributed by atoms with E-state index in [2.05, 4.69) is 24.1 Å². The Bertz CT molecular complexity index is 227. The minimum Gasteiger partial charge on any atom is -0.356 e. The molecule has 0 aromatic heterocycles. The Morgan fingerprint density at radius 3 is 2.69 bits per heavy atom. The van der Waals surface area contributed by atoms with Gasteiger partial charge in [-0.3, -0.25) is 9.69 Å². The summed E-state index contributed by atoms with van der Waals surface area (Å²) in [6, 6.07) is 0.577. The largest absolute Gasteiger partial charge is 0.356 e. The second-order valence-corrected chi connectivity index (χ2v) is 4.60. The smallest absolute Gasteiger partial charge is 0.227 e. The standard InChI is InChI=1S/C10H18N2O/c1-8(2)12-6-4-10(7-12)3-5-11-9(10)13/h8H,3-7H2,1-2H3,(H,11,13). The molecule has 2 fully saturated rings. The Morgan fingerprint density at radius 1 is 1.46 bits per heavy atom. The topological polar surface area (TPSA) is 32.3 Å². The molecule has 0 saturated carbocycles. The van der Waals surface area contributed by atoms with Gasteiger partial charge in [0.1, 0.15) is 0 Å². The van der Waals surface area contributed by atoms with Crippen molar-refractivity contribution in [2.45, 2.75) is 32.7 Å². The van der Waals surface area contributed by atoms with E-state index >= 15 is 0 Å². The average Bonchev–Trinajstić information content (AvgIpc) is 2.63. The van der Waals surface area contributed by atoms with E-state index in [-0.39, 0.29) is 11.3 Å². The summed E-state index contributed by atoms with van der Waals surface area (Å²) in [5.41, 5.74) is -0.0235. The van der Waals surface area contributed by atoms with Gasteiger partial charge in [-0.2, -0.15) is 0 Å². The molecule has 1 unspecified atom stereocenters. The van der Waals surface area contributed by atoms with E-state index in [0.29, 0.717) is 6.04 Å². The highest BCUT2D eigenvalue weighted by molar-refractivity contribution is 5.85. The van der Waals surface area contributed by atoms with E-state index in [9.17, 15) is 4.79 Å². The molecule has 2 saturated heterocycles. The van der Waals surface area contributed by atoms with Gasteiger partial charge in [0.05, 0.1) is 5.41 Å². The van der Waals surface area contributed by atoms with Crippen LogP contribution in [0.15, 0.2) is 0 Å². The number of carbonyl (C=O) groups is 1. The third-order valence-corrected chi connectivity index (χ3v) is 3.48. The van der Waals surface area contributed by atoms with Crippen LogP contribution in [0.5, 0.6) is 0 Å². The minimum absolute atomic E-state index is 0.0235. The van der Waals surface area contributed by atoms with Gasteiger partial charge in [0.25, 0.3) is 0 Å². The molecular formula is C10H18N2O. The Morgan fingerprint density at radius 2 is 2.23 bits per heavy atom. The normalized spacial score (nSPS) is 34.8. The minimum atomic E-state index is -0.0235. The number of nitrogens with zero attached hydrogens (tertiary/aromatic N) is 1. The van der Waals surface area contributed by atoms with Crippen LogP contribution >= 0.6 is 0 Å². The van der Waals surface area contributed by atoms with Crippen LogP contribution in [-0.4, -0.2) is 36.5 Å². The van der Waals surface area contributed by atoms with Gasteiger partial charge in [0.2, 0.25) is 5.91 Å². The molecule has 1 amide bonds. The summed E-state index contributed by atoms with van der Waals surface area (Å²) in [6.45, 7) is 7.34. The van der Waals surface area contributed by atoms with E-state index in [1.54, 1.807) is 0 Å². The van der Waals surface area contributed by atoms with Gasteiger partial charge in [0.15, 0.2) is 0 Å². The van der Waals surface area contributed by atoms with E-state index in [0.717, 1.165) is 32.5 Å². The first-order valence-corrected chi connectivity index (χ1v) is 5.16. The van der Waals surface area contributed by atoms with Crippen molar-refractivity contribution in [3.8, 4) is 0 Å². The summed E-state index contributed by atoms with van der Waals surface area (Å²) in [6.07, 6.45) is 2.09. The fourth-order valence-electron chi connectivity index (χ4n) is 2.45. The maximum absolute atomic E-state index is 11.6. The third kappa shape index (κ3) is 1.35. The van der Waals surface area contributed by atoms with Gasteiger partial charge >= 0.3 is 0 Å². The van der Waals surface area contributed by atoms with Crippen LogP contribution in [0.3, 0.4) is 0 Å². The molecule has 3 heteroatoms. The fourth-order valence-corrected chi connectivity index (χ4v) is 2.45. The van der Waals surface area contributed by atoms with Crippen molar-refractivity contribution in [3.63, 3.8) is 0 Å². The zero-order valence-corrected chi connectivity index (χ0v) is 8.47. The van der Waals surface area contributed by atoms with Crippen LogP contribution in [-0.2, 0) is 4.79 Å². The van der Waals surface area contributed by atoms with Gasteiger partial charge in [-0.05, 0) is 33.2 Å². The lowest BCUT2D eigenvalue weighted by molar-refractivity contribution is -0.127. The van der Waals surface area contributed by atoms with Crippen molar-refractivity contribution in [1.29, 1.82) is 0 Å². The van der Waals surface area contributed by atoms with Crippen molar-refractivity contribution in [1.82, 2.24) is 10.2 Å². The first-order chi connectivity index (χ1) is 6.14. The first kappa shape index (κ1) is 9.00. The summed E-state index contributed by atoms with van der Waals surface area (Å²) < 4.78 is 0. The van der Waals surface area contributed by atoms with Crippen molar-refractivity contribution < 1.29 is 4.79 Å². The van der Waals surface area contributed by atoms with Gasteiger partial charge in [-0.15, -0.1) is 0 Å². The van der Waals surface area contributed by atoms with Crippen LogP contribution in [0.2, 0.25) is 0 Å². The lowest BCUT2D eigenvalue weighted by Crippen LogP contribution is -2.36. The van der Waals surface area contributed by atoms with Crippen molar-refractivity contribution in [2.24, 2.45) is 5.41 Å². The monoisotopic (exact) mass is 182 g/mol. The highest BCUT2D eigenvalue weighted by Crippen LogP contribution is 2.37. The molecule has 1 atom stereocenters. The molecule has 3 nitrogen and oxygen atoms in total.